The molecule has 37 heteroatoms. The highest BCUT2D eigenvalue weighted by molar-refractivity contribution is 7.47. The minimum atomic E-state index is -5.04. The Bertz CT molecular complexity index is 1990. The van der Waals surface area contributed by atoms with Gasteiger partial charge in [0, 0.05) is 32.0 Å². The molecule has 2 saturated heterocycles. The first-order valence-corrected chi connectivity index (χ1v) is 21.4. The Hall–Kier alpha value is -4.58. The van der Waals surface area contributed by atoms with Gasteiger partial charge in [-0.15, -0.1) is 20.4 Å². The molecule has 3 rings (SSSR count). The zero-order chi connectivity index (χ0) is 50.4. The lowest BCUT2D eigenvalue weighted by Gasteiger charge is -2.46. The Morgan fingerprint density at radius 1 is 0.788 bits per heavy atom. The number of phosphoric acid groups is 2. The van der Waals surface area contributed by atoms with Gasteiger partial charge >= 0.3 is 27.6 Å². The number of aromatic nitrogens is 4. The normalized spacial score (nSPS) is 28.7. The standard InChI is InChI=1S/C17H27N6O13P.C12H21N4O12P/c1-7-20-22-10(23-21-7)3-11(27)18-5-12(28)19-13-8(25)4-17(16(30)31,36-37(32,33)34-2)35-15(13)14(29)9(26)6-24;1-26-29(24,25)28-12(11(22)23)2-5(18)8(15-7(20)3-14-16-13)10(27-12)9(21)6(19)4-17/h8-9,13-15,24-26,29H,3-6H2,1-2H3,(H,18,27)(H,19,28)(H,30,31)(H,32,33);5-6,8-10,17-19,21H,2-4H2,1H3,(H,15,20)(H,22,23)(H,24,25)/t8?,9-,13?,14-,15?,17?;5?,6-,8?,9-,10?,12?/m11/s1. The van der Waals surface area contributed by atoms with Crippen LogP contribution in [-0.2, 0) is 67.1 Å². The number of hydrogen-bond donors (Lipinski definition) is 15. The average molecular weight is 999 g/mol. The molecule has 0 saturated carbocycles. The minimum absolute atomic E-state index is 0.0250. The molecule has 3 heterocycles. The number of aliphatic carboxylic acids is 2. The summed E-state index contributed by atoms with van der Waals surface area (Å²) in [7, 11) is -8.57. The highest BCUT2D eigenvalue weighted by Gasteiger charge is 2.60. The van der Waals surface area contributed by atoms with Gasteiger partial charge in [-0.1, -0.05) is 5.11 Å². The van der Waals surface area contributed by atoms with Crippen LogP contribution in [-0.4, -0.2) is 224 Å². The van der Waals surface area contributed by atoms with E-state index in [4.69, 9.17) is 20.1 Å². The summed E-state index contributed by atoms with van der Waals surface area (Å²) < 4.78 is 51.4. The Labute approximate surface area is 369 Å². The number of carbonyl (C=O) groups excluding carboxylic acids is 3. The lowest BCUT2D eigenvalue weighted by molar-refractivity contribution is -0.288. The monoisotopic (exact) mass is 998 g/mol. The third-order valence-corrected chi connectivity index (χ3v) is 10.9. The summed E-state index contributed by atoms with van der Waals surface area (Å²) >= 11 is 0. The first kappa shape index (κ1) is 57.5. The van der Waals surface area contributed by atoms with E-state index in [1.165, 1.54) is 6.92 Å². The van der Waals surface area contributed by atoms with E-state index in [0.717, 1.165) is 14.2 Å². The van der Waals surface area contributed by atoms with Crippen LogP contribution in [0.2, 0.25) is 0 Å². The van der Waals surface area contributed by atoms with Crippen molar-refractivity contribution in [1.82, 2.24) is 36.3 Å². The van der Waals surface area contributed by atoms with E-state index >= 15 is 0 Å². The van der Waals surface area contributed by atoms with Crippen LogP contribution >= 0.6 is 15.6 Å². The molecule has 1 aromatic heterocycles. The minimum Gasteiger partial charge on any atom is -0.477 e. The molecule has 35 nitrogen and oxygen atoms in total. The molecule has 10 unspecified atom stereocenters. The quantitative estimate of drug-likeness (QED) is 0.0222. The third-order valence-electron chi connectivity index (χ3n) is 8.94. The van der Waals surface area contributed by atoms with E-state index in [2.05, 4.69) is 64.5 Å². The van der Waals surface area contributed by atoms with Gasteiger partial charge in [0.25, 0.3) is 11.6 Å². The number of carbonyl (C=O) groups is 5. The number of carboxylic acid groups (broad SMARTS) is 2. The number of rotatable bonds is 22. The van der Waals surface area contributed by atoms with Gasteiger partial charge in [0.1, 0.15) is 43.2 Å². The number of nitrogens with one attached hydrogen (secondary N) is 3. The van der Waals surface area contributed by atoms with Crippen molar-refractivity contribution in [3.8, 4) is 0 Å². The number of aliphatic hydroxyl groups is 8. The van der Waals surface area contributed by atoms with Crippen LogP contribution < -0.4 is 16.0 Å². The SMILES string of the molecule is COP(=O)(O)OC1(C(=O)O)CC(O)C(NC(=O)CN=[N+]=[N-])C([C@H](O)[C@H](O)CO)O1.COP(=O)(O)OC1(C(=O)O)CC(O)C(NC(=O)CNC(=O)Cc2nnc(C)nn2)C([C@H](O)[C@H](O)CO)O1. The number of phosphoric ester groups is 2. The van der Waals surface area contributed by atoms with Crippen LogP contribution in [0.4, 0.5) is 0 Å². The van der Waals surface area contributed by atoms with Crippen LogP contribution in [0.25, 0.3) is 10.4 Å². The Morgan fingerprint density at radius 3 is 1.56 bits per heavy atom. The molecule has 2 aliphatic heterocycles. The van der Waals surface area contributed by atoms with Crippen LogP contribution in [0.15, 0.2) is 5.11 Å². The maximum absolute atomic E-state index is 12.4. The first-order valence-electron chi connectivity index (χ1n) is 18.4. The molecule has 374 valence electrons. The molecule has 1 aromatic rings. The summed E-state index contributed by atoms with van der Waals surface area (Å²) in [6.45, 7) is -1.92. The van der Waals surface area contributed by atoms with Crippen molar-refractivity contribution in [3.63, 3.8) is 0 Å². The maximum Gasteiger partial charge on any atom is 0.474 e. The predicted octanol–water partition coefficient (Wildman–Crippen LogP) is -7.68. The Morgan fingerprint density at radius 2 is 1.20 bits per heavy atom. The van der Waals surface area contributed by atoms with Gasteiger partial charge < -0.3 is 86.3 Å². The second kappa shape index (κ2) is 25.0. The number of ether oxygens (including phenoxy) is 2. The number of azide groups is 1. The highest BCUT2D eigenvalue weighted by atomic mass is 31.2. The van der Waals surface area contributed by atoms with E-state index in [9.17, 15) is 88.8 Å². The van der Waals surface area contributed by atoms with Crippen molar-refractivity contribution in [3.05, 3.63) is 22.1 Å². The smallest absolute Gasteiger partial charge is 0.474 e. The first-order chi connectivity index (χ1) is 30.7. The van der Waals surface area contributed by atoms with Crippen molar-refractivity contribution in [2.45, 2.75) is 98.7 Å². The van der Waals surface area contributed by atoms with Gasteiger partial charge in [-0.2, -0.15) is 0 Å². The van der Waals surface area contributed by atoms with Gasteiger partial charge in [0.05, 0.1) is 50.5 Å². The van der Waals surface area contributed by atoms with Gasteiger partial charge in [-0.25, -0.2) is 27.8 Å². The van der Waals surface area contributed by atoms with Gasteiger partial charge in [0.2, 0.25) is 17.7 Å². The summed E-state index contributed by atoms with van der Waals surface area (Å²) in [5.74, 6) is -12.4. The fraction of sp³-hybridized carbons (Fsp3) is 0.759. The molecule has 66 heavy (non-hydrogen) atoms. The molecule has 0 radical (unpaired) electrons. The molecule has 15 N–H and O–H groups in total. The number of aryl methyl sites for hydroxylation is 1. The van der Waals surface area contributed by atoms with Crippen molar-refractivity contribution >= 4 is 45.3 Å². The van der Waals surface area contributed by atoms with Crippen LogP contribution in [0.3, 0.4) is 0 Å². The van der Waals surface area contributed by atoms with Crippen molar-refractivity contribution in [2.75, 3.05) is 40.5 Å². The molecule has 0 bridgehead atoms. The number of nitrogens with zero attached hydrogens (tertiary/aromatic N) is 7. The second-order valence-corrected chi connectivity index (χ2v) is 16.7. The summed E-state index contributed by atoms with van der Waals surface area (Å²) in [6, 6.07) is -3.24. The predicted molar refractivity (Wildman–Crippen MR) is 203 cm³/mol. The van der Waals surface area contributed by atoms with Crippen LogP contribution in [0, 0.1) is 6.92 Å². The summed E-state index contributed by atoms with van der Waals surface area (Å²) in [4.78, 5) is 81.3. The summed E-state index contributed by atoms with van der Waals surface area (Å²) in [5, 5.41) is 123. The van der Waals surface area contributed by atoms with Crippen LogP contribution in [0.1, 0.15) is 24.5 Å². The zero-order valence-corrected chi connectivity index (χ0v) is 36.2. The highest BCUT2D eigenvalue weighted by Crippen LogP contribution is 2.51. The summed E-state index contributed by atoms with van der Waals surface area (Å²) in [5.41, 5.74) is 8.24. The van der Waals surface area contributed by atoms with Crippen LogP contribution in [0.5, 0.6) is 0 Å². The fourth-order valence-corrected chi connectivity index (χ4v) is 7.02. The van der Waals surface area contributed by atoms with E-state index in [0.29, 0.717) is 0 Å². The maximum atomic E-state index is 12.4. The lowest BCUT2D eigenvalue weighted by atomic mass is 9.88. The molecular formula is C29H48N10O25P2. The van der Waals surface area contributed by atoms with Gasteiger partial charge in [-0.3, -0.25) is 23.4 Å². The third kappa shape index (κ3) is 16.0. The Balaban J connectivity index is 0.000000468. The topological polar surface area (TPSA) is 554 Å². The molecule has 2 fully saturated rings. The fourth-order valence-electron chi connectivity index (χ4n) is 5.74. The van der Waals surface area contributed by atoms with Crippen molar-refractivity contribution in [1.29, 1.82) is 0 Å². The summed E-state index contributed by atoms with van der Waals surface area (Å²) in [6.07, 6.45) is -18.3. The van der Waals surface area contributed by atoms with Crippen molar-refractivity contribution < 1.29 is 122 Å². The molecular weight excluding hydrogens is 950 g/mol. The molecule has 14 atom stereocenters. The average Bonchev–Trinajstić information content (AvgIpc) is 3.26. The van der Waals surface area contributed by atoms with Gasteiger partial charge in [-0.05, 0) is 12.5 Å². The number of carboxylic acids is 2. The lowest BCUT2D eigenvalue weighted by Crippen LogP contribution is -2.68. The Kier molecular flexibility index (Phi) is 21.8. The molecule has 0 spiro atoms. The molecule has 0 aromatic carbocycles. The van der Waals surface area contributed by atoms with E-state index in [-0.39, 0.29) is 18.1 Å². The number of hydrogen-bond acceptors (Lipinski definition) is 26. The van der Waals surface area contributed by atoms with Crippen molar-refractivity contribution in [2.24, 2.45) is 5.11 Å². The molecule has 3 amide bonds. The number of aliphatic hydroxyl groups excluding tert-OH is 8. The van der Waals surface area contributed by atoms with Gasteiger partial charge in [0.15, 0.2) is 11.6 Å². The molecule has 2 aliphatic rings. The molecule has 0 aliphatic carbocycles. The van der Waals surface area contributed by atoms with E-state index in [1.807, 2.05) is 0 Å². The zero-order valence-electron chi connectivity index (χ0n) is 34.4. The largest absolute Gasteiger partial charge is 0.477 e. The second-order valence-electron chi connectivity index (χ2n) is 13.7. The van der Waals surface area contributed by atoms with E-state index < -0.39 is 157 Å². The van der Waals surface area contributed by atoms with E-state index in [1.54, 1.807) is 0 Å². The number of amides is 3.